The molecule has 1 N–H and O–H groups in total. The zero-order valence-corrected chi connectivity index (χ0v) is 7.54. The monoisotopic (exact) mass is 185 g/mol. The molecule has 0 aliphatic heterocycles. The van der Waals surface area contributed by atoms with E-state index in [0.29, 0.717) is 12.5 Å². The van der Waals surface area contributed by atoms with Gasteiger partial charge in [-0.05, 0) is 5.92 Å². The molecule has 4 heteroatoms. The molecule has 0 saturated carbocycles. The Balaban J connectivity index is 3.24. The third-order valence-corrected chi connectivity index (χ3v) is 2.02. The molecule has 0 aliphatic carbocycles. The van der Waals surface area contributed by atoms with Gasteiger partial charge in [-0.25, -0.2) is 8.78 Å². The van der Waals surface area contributed by atoms with Crippen molar-refractivity contribution in [2.75, 3.05) is 13.1 Å². The van der Waals surface area contributed by atoms with Crippen molar-refractivity contribution in [1.82, 2.24) is 5.32 Å². The first kappa shape index (κ1) is 11.1. The summed E-state index contributed by atoms with van der Waals surface area (Å²) in [4.78, 5) is 0. The van der Waals surface area contributed by atoms with E-state index in [4.69, 9.17) is 11.6 Å². The van der Waals surface area contributed by atoms with E-state index in [1.165, 1.54) is 0 Å². The molecule has 68 valence electrons. The molecule has 0 aromatic rings. The SMILES string of the molecule is CC(C)C(Cl)CNCC(F)F. The summed E-state index contributed by atoms with van der Waals surface area (Å²) in [5, 5.41) is 2.52. The Labute approximate surface area is 71.1 Å². The first-order valence-corrected chi connectivity index (χ1v) is 4.10. The second kappa shape index (κ2) is 5.72. The number of nitrogens with one attached hydrogen (secondary N) is 1. The molecule has 0 aromatic carbocycles. The van der Waals surface area contributed by atoms with Crippen LogP contribution < -0.4 is 5.32 Å². The minimum Gasteiger partial charge on any atom is -0.310 e. The lowest BCUT2D eigenvalue weighted by Gasteiger charge is -2.13. The van der Waals surface area contributed by atoms with E-state index < -0.39 is 6.43 Å². The van der Waals surface area contributed by atoms with Crippen molar-refractivity contribution < 1.29 is 8.78 Å². The predicted molar refractivity (Wildman–Crippen MR) is 43.4 cm³/mol. The van der Waals surface area contributed by atoms with Gasteiger partial charge in [0.15, 0.2) is 0 Å². The number of rotatable bonds is 5. The van der Waals surface area contributed by atoms with Gasteiger partial charge in [-0.1, -0.05) is 13.8 Å². The van der Waals surface area contributed by atoms with E-state index in [1.807, 2.05) is 13.8 Å². The van der Waals surface area contributed by atoms with Crippen molar-refractivity contribution in [3.8, 4) is 0 Å². The molecule has 1 atom stereocenters. The molecule has 0 aliphatic rings. The number of hydrogen-bond donors (Lipinski definition) is 1. The molecule has 0 aromatic heterocycles. The molecule has 0 heterocycles. The summed E-state index contributed by atoms with van der Waals surface area (Å²) in [5.41, 5.74) is 0. The molecule has 0 bridgehead atoms. The zero-order valence-electron chi connectivity index (χ0n) is 6.78. The van der Waals surface area contributed by atoms with E-state index >= 15 is 0 Å². The van der Waals surface area contributed by atoms with E-state index in [1.54, 1.807) is 0 Å². The minimum absolute atomic E-state index is 0.0613. The summed E-state index contributed by atoms with van der Waals surface area (Å²) in [6, 6.07) is 0. The lowest BCUT2D eigenvalue weighted by atomic mass is 10.1. The maximum atomic E-state index is 11.6. The first-order chi connectivity index (χ1) is 5.04. The highest BCUT2D eigenvalue weighted by molar-refractivity contribution is 6.20. The van der Waals surface area contributed by atoms with E-state index in [2.05, 4.69) is 5.32 Å². The van der Waals surface area contributed by atoms with Crippen molar-refractivity contribution in [3.05, 3.63) is 0 Å². The Kier molecular flexibility index (Phi) is 5.78. The van der Waals surface area contributed by atoms with Crippen LogP contribution >= 0.6 is 11.6 Å². The topological polar surface area (TPSA) is 12.0 Å². The van der Waals surface area contributed by atoms with Crippen LogP contribution in [0.15, 0.2) is 0 Å². The fourth-order valence-electron chi connectivity index (χ4n) is 0.566. The second-order valence-corrected chi connectivity index (χ2v) is 3.37. The second-order valence-electron chi connectivity index (χ2n) is 2.81. The summed E-state index contributed by atoms with van der Waals surface area (Å²) >= 11 is 5.79. The number of alkyl halides is 3. The third kappa shape index (κ3) is 6.51. The van der Waals surface area contributed by atoms with Crippen LogP contribution in [0.25, 0.3) is 0 Å². The number of hydrogen-bond acceptors (Lipinski definition) is 1. The highest BCUT2D eigenvalue weighted by atomic mass is 35.5. The van der Waals surface area contributed by atoms with Crippen molar-refractivity contribution >= 4 is 11.6 Å². The smallest absolute Gasteiger partial charge is 0.250 e. The standard InChI is InChI=1S/C7H14ClF2N/c1-5(2)6(8)3-11-4-7(9)10/h5-7,11H,3-4H2,1-2H3. The van der Waals surface area contributed by atoms with Crippen LogP contribution in [0.2, 0.25) is 0 Å². The fraction of sp³-hybridized carbons (Fsp3) is 1.00. The van der Waals surface area contributed by atoms with Crippen molar-refractivity contribution in [1.29, 1.82) is 0 Å². The Morgan fingerprint density at radius 3 is 2.18 bits per heavy atom. The van der Waals surface area contributed by atoms with Gasteiger partial charge >= 0.3 is 0 Å². The molecule has 11 heavy (non-hydrogen) atoms. The van der Waals surface area contributed by atoms with Gasteiger partial charge in [0, 0.05) is 11.9 Å². The lowest BCUT2D eigenvalue weighted by Crippen LogP contribution is -2.30. The molecule has 0 fully saturated rings. The minimum atomic E-state index is -2.29. The molecule has 1 unspecified atom stereocenters. The van der Waals surface area contributed by atoms with Gasteiger partial charge in [0.2, 0.25) is 0 Å². The Bertz CT molecular complexity index is 98.4. The summed E-state index contributed by atoms with van der Waals surface area (Å²) in [5.74, 6) is 0.321. The van der Waals surface area contributed by atoms with Crippen molar-refractivity contribution in [3.63, 3.8) is 0 Å². The van der Waals surface area contributed by atoms with Crippen molar-refractivity contribution in [2.24, 2.45) is 5.92 Å². The van der Waals surface area contributed by atoms with Crippen LogP contribution in [0, 0.1) is 5.92 Å². The van der Waals surface area contributed by atoms with E-state index in [9.17, 15) is 8.78 Å². The quantitative estimate of drug-likeness (QED) is 0.647. The van der Waals surface area contributed by atoms with Crippen LogP contribution in [0.5, 0.6) is 0 Å². The number of halogens is 3. The highest BCUT2D eigenvalue weighted by Gasteiger charge is 2.09. The summed E-state index contributed by atoms with van der Waals surface area (Å²) in [7, 11) is 0. The normalized spacial score (nSPS) is 14.5. The van der Waals surface area contributed by atoms with Gasteiger partial charge < -0.3 is 5.32 Å². The van der Waals surface area contributed by atoms with E-state index in [0.717, 1.165) is 0 Å². The summed E-state index contributed by atoms with van der Waals surface area (Å²) < 4.78 is 23.2. The zero-order chi connectivity index (χ0) is 8.85. The molecule has 1 nitrogen and oxygen atoms in total. The summed E-state index contributed by atoms with van der Waals surface area (Å²) in [6.45, 7) is 4.10. The molecule has 0 radical (unpaired) electrons. The van der Waals surface area contributed by atoms with Crippen LogP contribution in [-0.4, -0.2) is 24.9 Å². The Hall–Kier alpha value is 0.110. The van der Waals surface area contributed by atoms with Gasteiger partial charge in [0.05, 0.1) is 6.54 Å². The first-order valence-electron chi connectivity index (χ1n) is 3.67. The molecule has 0 amide bonds. The molecule has 0 saturated heterocycles. The van der Waals surface area contributed by atoms with Crippen LogP contribution in [0.4, 0.5) is 8.78 Å². The van der Waals surface area contributed by atoms with E-state index in [-0.39, 0.29) is 11.9 Å². The molecular formula is C7H14ClF2N. The average Bonchev–Trinajstić information content (AvgIpc) is 1.86. The Morgan fingerprint density at radius 1 is 1.27 bits per heavy atom. The Morgan fingerprint density at radius 2 is 1.82 bits per heavy atom. The summed E-state index contributed by atoms with van der Waals surface area (Å²) in [6.07, 6.45) is -2.29. The average molecular weight is 186 g/mol. The third-order valence-electron chi connectivity index (χ3n) is 1.36. The fourth-order valence-corrected chi connectivity index (χ4v) is 0.675. The molecule has 0 spiro atoms. The van der Waals surface area contributed by atoms with Gasteiger partial charge in [0.1, 0.15) is 0 Å². The maximum absolute atomic E-state index is 11.6. The van der Waals surface area contributed by atoms with Gasteiger partial charge in [-0.2, -0.15) is 0 Å². The molecular weight excluding hydrogens is 172 g/mol. The lowest BCUT2D eigenvalue weighted by molar-refractivity contribution is 0.146. The molecule has 0 rings (SSSR count). The van der Waals surface area contributed by atoms with Crippen LogP contribution in [-0.2, 0) is 0 Å². The van der Waals surface area contributed by atoms with Gasteiger partial charge in [0.25, 0.3) is 6.43 Å². The van der Waals surface area contributed by atoms with Crippen molar-refractivity contribution in [2.45, 2.75) is 25.7 Å². The maximum Gasteiger partial charge on any atom is 0.250 e. The van der Waals surface area contributed by atoms with Crippen LogP contribution in [0.3, 0.4) is 0 Å². The highest BCUT2D eigenvalue weighted by Crippen LogP contribution is 2.07. The van der Waals surface area contributed by atoms with Gasteiger partial charge in [-0.15, -0.1) is 11.6 Å². The van der Waals surface area contributed by atoms with Gasteiger partial charge in [-0.3, -0.25) is 0 Å². The van der Waals surface area contributed by atoms with Crippen LogP contribution in [0.1, 0.15) is 13.8 Å². The largest absolute Gasteiger partial charge is 0.310 e. The predicted octanol–water partition coefficient (Wildman–Crippen LogP) is 2.10.